The molecule has 0 aliphatic carbocycles. The number of carboxylic acids is 2. The van der Waals surface area contributed by atoms with E-state index in [4.69, 9.17) is 0 Å². The van der Waals surface area contributed by atoms with Crippen LogP contribution in [-0.2, 0) is 22.4 Å². The average molecular weight is 431 g/mol. The van der Waals surface area contributed by atoms with E-state index in [9.17, 15) is 24.6 Å². The lowest BCUT2D eigenvalue weighted by atomic mass is 9.85. The van der Waals surface area contributed by atoms with Gasteiger partial charge in [-0.25, -0.2) is 4.79 Å². The third-order valence-electron chi connectivity index (χ3n) is 5.32. The Labute approximate surface area is 186 Å². The van der Waals surface area contributed by atoms with Gasteiger partial charge in [0.05, 0.1) is 11.5 Å². The Morgan fingerprint density at radius 1 is 0.719 bits per heavy atom. The number of hydrogen-bond donors (Lipinski definition) is 3. The first kappa shape index (κ1) is 22.7. The molecule has 0 spiro atoms. The molecule has 3 N–H and O–H groups in total. The highest BCUT2D eigenvalue weighted by Crippen LogP contribution is 2.24. The van der Waals surface area contributed by atoms with Crippen molar-refractivity contribution in [2.75, 3.05) is 5.32 Å². The van der Waals surface area contributed by atoms with E-state index in [1.165, 1.54) is 12.1 Å². The molecule has 0 saturated carbocycles. The van der Waals surface area contributed by atoms with E-state index < -0.39 is 23.8 Å². The smallest absolute Gasteiger partial charge is 0.335 e. The van der Waals surface area contributed by atoms with Crippen molar-refractivity contribution in [3.63, 3.8) is 0 Å². The van der Waals surface area contributed by atoms with Gasteiger partial charge in [0.2, 0.25) is 5.91 Å². The highest BCUT2D eigenvalue weighted by Gasteiger charge is 2.28. The van der Waals surface area contributed by atoms with Gasteiger partial charge in [-0.15, -0.1) is 0 Å². The Kier molecular flexibility index (Phi) is 7.75. The molecule has 2 atom stereocenters. The number of aromatic carboxylic acids is 1. The van der Waals surface area contributed by atoms with Crippen LogP contribution in [0.5, 0.6) is 0 Å². The molecule has 3 aromatic rings. The van der Waals surface area contributed by atoms with Crippen LogP contribution in [0.4, 0.5) is 5.69 Å². The molecule has 6 heteroatoms. The summed E-state index contributed by atoms with van der Waals surface area (Å²) >= 11 is 0. The molecule has 6 nitrogen and oxygen atoms in total. The molecule has 164 valence electrons. The number of benzene rings is 3. The maximum absolute atomic E-state index is 13.2. The summed E-state index contributed by atoms with van der Waals surface area (Å²) in [7, 11) is 0. The van der Waals surface area contributed by atoms with E-state index in [1.807, 2.05) is 60.7 Å². The Bertz CT molecular complexity index is 1070. The maximum Gasteiger partial charge on any atom is 0.335 e. The molecule has 0 aliphatic heterocycles. The molecule has 1 amide bonds. The topological polar surface area (TPSA) is 104 Å². The second-order valence-corrected chi connectivity index (χ2v) is 7.72. The number of nitrogens with one attached hydrogen (secondary N) is 1. The minimum absolute atomic E-state index is 0.0647. The largest absolute Gasteiger partial charge is 0.481 e. The summed E-state index contributed by atoms with van der Waals surface area (Å²) in [5.41, 5.74) is 2.25. The minimum Gasteiger partial charge on any atom is -0.481 e. The Hall–Kier alpha value is -3.93. The molecular weight excluding hydrogens is 406 g/mol. The molecular formula is C26H25NO5. The predicted octanol–water partition coefficient (Wildman–Crippen LogP) is 4.52. The minimum atomic E-state index is -1.09. The summed E-state index contributed by atoms with van der Waals surface area (Å²) in [4.78, 5) is 36.4. The van der Waals surface area contributed by atoms with E-state index in [0.29, 0.717) is 18.5 Å². The summed E-state index contributed by atoms with van der Waals surface area (Å²) in [6, 6.07) is 24.8. The quantitative estimate of drug-likeness (QED) is 0.438. The van der Waals surface area contributed by atoms with Crippen molar-refractivity contribution in [3.05, 3.63) is 102 Å². The zero-order valence-electron chi connectivity index (χ0n) is 17.5. The predicted molar refractivity (Wildman–Crippen MR) is 122 cm³/mol. The van der Waals surface area contributed by atoms with Crippen LogP contribution in [0.25, 0.3) is 0 Å². The Balaban J connectivity index is 1.81. The van der Waals surface area contributed by atoms with Crippen molar-refractivity contribution < 1.29 is 24.6 Å². The molecule has 0 radical (unpaired) electrons. The summed E-state index contributed by atoms with van der Waals surface area (Å²) in [6.45, 7) is 0. The van der Waals surface area contributed by atoms with Crippen LogP contribution >= 0.6 is 0 Å². The van der Waals surface area contributed by atoms with Gasteiger partial charge < -0.3 is 15.5 Å². The van der Waals surface area contributed by atoms with Crippen molar-refractivity contribution in [3.8, 4) is 0 Å². The van der Waals surface area contributed by atoms with E-state index in [2.05, 4.69) is 5.32 Å². The Morgan fingerprint density at radius 2 is 1.28 bits per heavy atom. The van der Waals surface area contributed by atoms with Crippen LogP contribution in [-0.4, -0.2) is 28.1 Å². The molecule has 2 unspecified atom stereocenters. The molecule has 0 aromatic heterocycles. The van der Waals surface area contributed by atoms with Gasteiger partial charge >= 0.3 is 11.9 Å². The second kappa shape index (κ2) is 10.9. The fourth-order valence-electron chi connectivity index (χ4n) is 3.67. The molecule has 0 fully saturated rings. The van der Waals surface area contributed by atoms with Crippen molar-refractivity contribution in [2.45, 2.75) is 19.3 Å². The van der Waals surface area contributed by atoms with Gasteiger partial charge in [0.1, 0.15) is 0 Å². The summed E-state index contributed by atoms with van der Waals surface area (Å²) < 4.78 is 0. The first-order valence-corrected chi connectivity index (χ1v) is 10.4. The number of carbonyl (C=O) groups is 3. The molecule has 0 saturated heterocycles. The standard InChI is InChI=1S/C26H25NO5/c28-24(27-23-13-7-12-20(17-23)25(29)30)21(14-18-8-3-1-4-9-18)16-22(26(31)32)15-19-10-5-2-6-11-19/h1-13,17,21-22H,14-16H2,(H,27,28)(H,29,30)(H,31,32). The number of hydrogen-bond acceptors (Lipinski definition) is 3. The van der Waals surface area contributed by atoms with Crippen molar-refractivity contribution in [2.24, 2.45) is 11.8 Å². The maximum atomic E-state index is 13.2. The first-order valence-electron chi connectivity index (χ1n) is 10.4. The summed E-state index contributed by atoms with van der Waals surface area (Å²) in [6.07, 6.45) is 0.858. The normalized spacial score (nSPS) is 12.5. The monoisotopic (exact) mass is 431 g/mol. The highest BCUT2D eigenvalue weighted by molar-refractivity contribution is 5.95. The van der Waals surface area contributed by atoms with Crippen LogP contribution in [0.15, 0.2) is 84.9 Å². The number of amides is 1. The van der Waals surface area contributed by atoms with Crippen LogP contribution in [0.2, 0.25) is 0 Å². The van der Waals surface area contributed by atoms with Gasteiger partial charge in [-0.3, -0.25) is 9.59 Å². The average Bonchev–Trinajstić information content (AvgIpc) is 2.79. The number of anilines is 1. The third-order valence-corrected chi connectivity index (χ3v) is 5.32. The number of aliphatic carboxylic acids is 1. The van der Waals surface area contributed by atoms with Gasteiger partial charge in [-0.2, -0.15) is 0 Å². The molecule has 0 heterocycles. The van der Waals surface area contributed by atoms with Crippen LogP contribution in [0, 0.1) is 11.8 Å². The fourth-order valence-corrected chi connectivity index (χ4v) is 3.67. The number of carboxylic acid groups (broad SMARTS) is 2. The van der Waals surface area contributed by atoms with Gasteiger partial charge in [0.15, 0.2) is 0 Å². The molecule has 0 aliphatic rings. The number of rotatable bonds is 10. The number of carbonyl (C=O) groups excluding carboxylic acids is 1. The van der Waals surface area contributed by atoms with Gasteiger partial charge in [0.25, 0.3) is 0 Å². The van der Waals surface area contributed by atoms with E-state index in [0.717, 1.165) is 11.1 Å². The van der Waals surface area contributed by atoms with Gasteiger partial charge in [0, 0.05) is 11.6 Å². The SMILES string of the molecule is O=C(O)c1cccc(NC(=O)C(Cc2ccccc2)CC(Cc2ccccc2)C(=O)O)c1. The molecule has 3 rings (SSSR count). The highest BCUT2D eigenvalue weighted by atomic mass is 16.4. The van der Waals surface area contributed by atoms with Crippen molar-refractivity contribution in [1.29, 1.82) is 0 Å². The van der Waals surface area contributed by atoms with Crippen LogP contribution in [0.1, 0.15) is 27.9 Å². The molecule has 3 aromatic carbocycles. The van der Waals surface area contributed by atoms with E-state index in [-0.39, 0.29) is 17.9 Å². The molecule has 32 heavy (non-hydrogen) atoms. The van der Waals surface area contributed by atoms with Crippen LogP contribution in [0.3, 0.4) is 0 Å². The Morgan fingerprint density at radius 3 is 1.81 bits per heavy atom. The molecule has 0 bridgehead atoms. The lowest BCUT2D eigenvalue weighted by Crippen LogP contribution is -2.30. The second-order valence-electron chi connectivity index (χ2n) is 7.72. The zero-order valence-corrected chi connectivity index (χ0v) is 17.5. The van der Waals surface area contributed by atoms with Gasteiger partial charge in [-0.1, -0.05) is 66.7 Å². The van der Waals surface area contributed by atoms with Gasteiger partial charge in [-0.05, 0) is 48.6 Å². The lowest BCUT2D eigenvalue weighted by molar-refractivity contribution is -0.142. The fraction of sp³-hybridized carbons (Fsp3) is 0.192. The van der Waals surface area contributed by atoms with E-state index in [1.54, 1.807) is 12.1 Å². The third kappa shape index (κ3) is 6.54. The van der Waals surface area contributed by atoms with Crippen molar-refractivity contribution >= 4 is 23.5 Å². The van der Waals surface area contributed by atoms with Crippen LogP contribution < -0.4 is 5.32 Å². The summed E-state index contributed by atoms with van der Waals surface area (Å²) in [5, 5.41) is 21.8. The lowest BCUT2D eigenvalue weighted by Gasteiger charge is -2.21. The summed E-state index contributed by atoms with van der Waals surface area (Å²) in [5.74, 6) is -3.71. The first-order chi connectivity index (χ1) is 15.4. The van der Waals surface area contributed by atoms with E-state index >= 15 is 0 Å². The zero-order chi connectivity index (χ0) is 22.9. The van der Waals surface area contributed by atoms with Crippen molar-refractivity contribution in [1.82, 2.24) is 0 Å².